The molecule has 0 aromatic carbocycles. The van der Waals surface area contributed by atoms with Crippen LogP contribution in [0.4, 0.5) is 0 Å². The first-order valence-electron chi connectivity index (χ1n) is 2.97. The number of allylic oxidation sites excluding steroid dienone is 1. The number of carboxylic acids is 1. The van der Waals surface area contributed by atoms with E-state index in [9.17, 15) is 9.59 Å². The van der Waals surface area contributed by atoms with Gasteiger partial charge in [0.2, 0.25) is 6.04 Å². The fourth-order valence-corrected chi connectivity index (χ4v) is 0.690. The van der Waals surface area contributed by atoms with E-state index in [1.165, 1.54) is 6.08 Å². The standard InChI is InChI=1S/C6H6N2O3/c1-3-2-4(9)5(6(10)11)8-7-3/h2,5H,1H3,(H,10,11). The molecule has 0 saturated carbocycles. The summed E-state index contributed by atoms with van der Waals surface area (Å²) in [4.78, 5) is 21.1. The summed E-state index contributed by atoms with van der Waals surface area (Å²) in [5.74, 6) is -1.78. The summed E-state index contributed by atoms with van der Waals surface area (Å²) in [5, 5.41) is 15.2. The molecule has 58 valence electrons. The predicted molar refractivity (Wildman–Crippen MR) is 35.0 cm³/mol. The number of carbonyl (C=O) groups excluding carboxylic acids is 1. The number of azo groups is 1. The lowest BCUT2D eigenvalue weighted by Gasteiger charge is -2.05. The van der Waals surface area contributed by atoms with Gasteiger partial charge in [-0.15, -0.1) is 0 Å². The summed E-state index contributed by atoms with van der Waals surface area (Å²) >= 11 is 0. The molecule has 0 spiro atoms. The number of aliphatic carboxylic acids is 1. The van der Waals surface area contributed by atoms with Crippen LogP contribution in [0.1, 0.15) is 6.92 Å². The minimum absolute atomic E-state index is 0.438. The molecule has 0 amide bonds. The summed E-state index contributed by atoms with van der Waals surface area (Å²) < 4.78 is 0. The Kier molecular flexibility index (Phi) is 1.80. The van der Waals surface area contributed by atoms with Gasteiger partial charge in [0.1, 0.15) is 0 Å². The highest BCUT2D eigenvalue weighted by atomic mass is 16.4. The molecule has 1 atom stereocenters. The van der Waals surface area contributed by atoms with Crippen molar-refractivity contribution in [3.8, 4) is 0 Å². The van der Waals surface area contributed by atoms with E-state index in [1.54, 1.807) is 6.92 Å². The van der Waals surface area contributed by atoms with Crippen LogP contribution >= 0.6 is 0 Å². The number of carboxylic acid groups (broad SMARTS) is 1. The third-order valence-corrected chi connectivity index (χ3v) is 1.19. The van der Waals surface area contributed by atoms with E-state index in [0.29, 0.717) is 5.70 Å². The first kappa shape index (κ1) is 7.59. The Morgan fingerprint density at radius 1 is 1.73 bits per heavy atom. The van der Waals surface area contributed by atoms with Gasteiger partial charge in [-0.3, -0.25) is 4.79 Å². The van der Waals surface area contributed by atoms with Crippen molar-refractivity contribution in [1.29, 1.82) is 0 Å². The first-order valence-corrected chi connectivity index (χ1v) is 2.97. The van der Waals surface area contributed by atoms with Crippen LogP contribution in [0.25, 0.3) is 0 Å². The minimum atomic E-state index is -1.33. The lowest BCUT2D eigenvalue weighted by Crippen LogP contribution is -2.27. The van der Waals surface area contributed by atoms with Gasteiger partial charge in [0, 0.05) is 6.08 Å². The van der Waals surface area contributed by atoms with Crippen molar-refractivity contribution in [3.63, 3.8) is 0 Å². The van der Waals surface area contributed by atoms with Gasteiger partial charge in [-0.25, -0.2) is 4.79 Å². The largest absolute Gasteiger partial charge is 0.479 e. The maximum atomic E-state index is 10.8. The Balaban J connectivity index is 2.86. The van der Waals surface area contributed by atoms with Crippen LogP contribution in [-0.4, -0.2) is 22.9 Å². The van der Waals surface area contributed by atoms with Crippen molar-refractivity contribution >= 4 is 11.8 Å². The molecular weight excluding hydrogens is 148 g/mol. The maximum Gasteiger partial charge on any atom is 0.338 e. The zero-order valence-corrected chi connectivity index (χ0v) is 5.81. The zero-order valence-electron chi connectivity index (χ0n) is 5.81. The highest BCUT2D eigenvalue weighted by molar-refractivity contribution is 6.08. The molecule has 5 nitrogen and oxygen atoms in total. The van der Waals surface area contributed by atoms with Crippen LogP contribution < -0.4 is 0 Å². The van der Waals surface area contributed by atoms with Gasteiger partial charge >= 0.3 is 5.97 Å². The van der Waals surface area contributed by atoms with E-state index in [2.05, 4.69) is 10.2 Å². The van der Waals surface area contributed by atoms with Crippen LogP contribution in [0, 0.1) is 0 Å². The molecule has 11 heavy (non-hydrogen) atoms. The third kappa shape index (κ3) is 1.49. The molecule has 1 aliphatic heterocycles. The average molecular weight is 154 g/mol. The summed E-state index contributed by atoms with van der Waals surface area (Å²) in [6, 6.07) is -1.33. The number of nitrogens with zero attached hydrogens (tertiary/aromatic N) is 2. The molecule has 1 heterocycles. The van der Waals surface area contributed by atoms with E-state index in [4.69, 9.17) is 5.11 Å². The van der Waals surface area contributed by atoms with Crippen LogP contribution in [0.5, 0.6) is 0 Å². The summed E-state index contributed by atoms with van der Waals surface area (Å²) in [7, 11) is 0. The SMILES string of the molecule is CC1=CC(=O)C(C(=O)O)N=N1. The second kappa shape index (κ2) is 2.61. The number of rotatable bonds is 1. The normalized spacial score (nSPS) is 23.2. The van der Waals surface area contributed by atoms with Crippen LogP contribution in [-0.2, 0) is 9.59 Å². The van der Waals surface area contributed by atoms with Gasteiger partial charge < -0.3 is 5.11 Å². The molecule has 0 aromatic heterocycles. The molecule has 0 fully saturated rings. The van der Waals surface area contributed by atoms with Crippen molar-refractivity contribution in [2.45, 2.75) is 13.0 Å². The molecule has 1 unspecified atom stereocenters. The zero-order chi connectivity index (χ0) is 8.43. The minimum Gasteiger partial charge on any atom is -0.479 e. The van der Waals surface area contributed by atoms with E-state index in [1.807, 2.05) is 0 Å². The highest BCUT2D eigenvalue weighted by Crippen LogP contribution is 2.08. The fraction of sp³-hybridized carbons (Fsp3) is 0.333. The quantitative estimate of drug-likeness (QED) is 0.554. The second-order valence-electron chi connectivity index (χ2n) is 2.14. The first-order chi connectivity index (χ1) is 5.11. The Morgan fingerprint density at radius 2 is 2.36 bits per heavy atom. The van der Waals surface area contributed by atoms with E-state index in [0.717, 1.165) is 0 Å². The lowest BCUT2D eigenvalue weighted by molar-refractivity contribution is -0.141. The van der Waals surface area contributed by atoms with Gasteiger partial charge in [-0.1, -0.05) is 0 Å². The lowest BCUT2D eigenvalue weighted by atomic mass is 10.1. The van der Waals surface area contributed by atoms with Crippen LogP contribution in [0.2, 0.25) is 0 Å². The van der Waals surface area contributed by atoms with Gasteiger partial charge in [-0.05, 0) is 6.92 Å². The summed E-state index contributed by atoms with van der Waals surface area (Å²) in [6.45, 7) is 1.58. The molecule has 5 heteroatoms. The molecule has 0 aliphatic carbocycles. The fourth-order valence-electron chi connectivity index (χ4n) is 0.690. The molecule has 1 aliphatic rings. The molecule has 0 saturated heterocycles. The number of ketones is 1. The monoisotopic (exact) mass is 154 g/mol. The smallest absolute Gasteiger partial charge is 0.338 e. The number of hydrogen-bond donors (Lipinski definition) is 1. The Hall–Kier alpha value is -1.52. The second-order valence-corrected chi connectivity index (χ2v) is 2.14. The molecule has 0 aromatic rings. The van der Waals surface area contributed by atoms with Gasteiger partial charge in [-0.2, -0.15) is 10.2 Å². The van der Waals surface area contributed by atoms with Crippen molar-refractivity contribution < 1.29 is 14.7 Å². The Morgan fingerprint density at radius 3 is 2.82 bits per heavy atom. The molecule has 1 rings (SSSR count). The van der Waals surface area contributed by atoms with Crippen molar-refractivity contribution in [2.24, 2.45) is 10.2 Å². The van der Waals surface area contributed by atoms with Gasteiger partial charge in [0.15, 0.2) is 5.78 Å². The van der Waals surface area contributed by atoms with Crippen molar-refractivity contribution in [1.82, 2.24) is 0 Å². The average Bonchev–Trinajstić information content (AvgIpc) is 1.85. The molecule has 0 bridgehead atoms. The summed E-state index contributed by atoms with van der Waals surface area (Å²) in [6.07, 6.45) is 1.17. The Bertz CT molecular complexity index is 267. The number of carbonyl (C=O) groups is 2. The summed E-state index contributed by atoms with van der Waals surface area (Å²) in [5.41, 5.74) is 0.438. The third-order valence-electron chi connectivity index (χ3n) is 1.19. The van der Waals surface area contributed by atoms with Crippen LogP contribution in [0.15, 0.2) is 22.0 Å². The molecular formula is C6H6N2O3. The predicted octanol–water partition coefficient (Wildman–Crippen LogP) is 0.378. The topological polar surface area (TPSA) is 79.1 Å². The van der Waals surface area contributed by atoms with Gasteiger partial charge in [0.05, 0.1) is 5.70 Å². The molecule has 1 N–H and O–H groups in total. The van der Waals surface area contributed by atoms with Crippen molar-refractivity contribution in [3.05, 3.63) is 11.8 Å². The van der Waals surface area contributed by atoms with E-state index in [-0.39, 0.29) is 0 Å². The van der Waals surface area contributed by atoms with E-state index < -0.39 is 17.8 Å². The van der Waals surface area contributed by atoms with Crippen molar-refractivity contribution in [2.75, 3.05) is 0 Å². The highest BCUT2D eigenvalue weighted by Gasteiger charge is 2.26. The van der Waals surface area contributed by atoms with E-state index >= 15 is 0 Å². The van der Waals surface area contributed by atoms with Gasteiger partial charge in [0.25, 0.3) is 0 Å². The van der Waals surface area contributed by atoms with Crippen LogP contribution in [0.3, 0.4) is 0 Å². The molecule has 0 radical (unpaired) electrons. The number of hydrogen-bond acceptors (Lipinski definition) is 4. The Labute approximate surface area is 62.4 Å². The maximum absolute atomic E-state index is 10.8.